The van der Waals surface area contributed by atoms with Crippen LogP contribution >= 0.6 is 0 Å². The first-order chi connectivity index (χ1) is 16.0. The second-order valence-electron chi connectivity index (χ2n) is 8.57. The molecule has 5 nitrogen and oxygen atoms in total. The minimum absolute atomic E-state index is 0.0869. The Balaban J connectivity index is 1.75. The zero-order chi connectivity index (χ0) is 23.1. The number of aliphatic hydroxyl groups excluding tert-OH is 1. The summed E-state index contributed by atoms with van der Waals surface area (Å²) in [5.74, 6) is -1.18. The number of amides is 1. The number of aliphatic hydroxyl groups is 1. The molecule has 1 aliphatic heterocycles. The van der Waals surface area contributed by atoms with Gasteiger partial charge in [0.05, 0.1) is 11.6 Å². The highest BCUT2D eigenvalue weighted by molar-refractivity contribution is 6.51. The van der Waals surface area contributed by atoms with Gasteiger partial charge in [-0.25, -0.2) is 0 Å². The lowest BCUT2D eigenvalue weighted by Crippen LogP contribution is -2.29. The van der Waals surface area contributed by atoms with Crippen molar-refractivity contribution in [2.45, 2.75) is 25.8 Å². The number of rotatable bonds is 4. The Morgan fingerprint density at radius 3 is 2.27 bits per heavy atom. The monoisotopic (exact) mass is 436 g/mol. The number of aromatic nitrogens is 1. The molecule has 1 fully saturated rings. The molecule has 0 bridgehead atoms. The number of benzene rings is 3. The van der Waals surface area contributed by atoms with Crippen molar-refractivity contribution < 1.29 is 14.7 Å². The Morgan fingerprint density at radius 2 is 1.58 bits per heavy atom. The van der Waals surface area contributed by atoms with E-state index in [-0.39, 0.29) is 11.3 Å². The summed E-state index contributed by atoms with van der Waals surface area (Å²) in [6.07, 6.45) is 1.81. The summed E-state index contributed by atoms with van der Waals surface area (Å²) in [5.41, 5.74) is 4.00. The van der Waals surface area contributed by atoms with Gasteiger partial charge in [0, 0.05) is 33.9 Å². The van der Waals surface area contributed by atoms with E-state index in [0.717, 1.165) is 22.0 Å². The largest absolute Gasteiger partial charge is 0.507 e. The van der Waals surface area contributed by atoms with E-state index >= 15 is 0 Å². The second-order valence-corrected chi connectivity index (χ2v) is 8.57. The van der Waals surface area contributed by atoms with E-state index in [2.05, 4.69) is 18.8 Å². The average molecular weight is 437 g/mol. The SMILES string of the molecule is CC(C)c1ccc(N2C(=O)C(=O)/C(=C(/O)c3ccccc3)C2c2c[nH]c3ccccc23)cc1. The normalized spacial score (nSPS) is 17.9. The maximum Gasteiger partial charge on any atom is 0.300 e. The van der Waals surface area contributed by atoms with Crippen LogP contribution in [-0.2, 0) is 9.59 Å². The molecule has 5 heteroatoms. The predicted molar refractivity (Wildman–Crippen MR) is 130 cm³/mol. The van der Waals surface area contributed by atoms with Crippen LogP contribution in [0.4, 0.5) is 5.69 Å². The van der Waals surface area contributed by atoms with Crippen LogP contribution in [0.25, 0.3) is 16.7 Å². The lowest BCUT2D eigenvalue weighted by Gasteiger charge is -2.25. The summed E-state index contributed by atoms with van der Waals surface area (Å²) in [6, 6.07) is 23.5. The second kappa shape index (κ2) is 8.10. The number of para-hydroxylation sites is 1. The summed E-state index contributed by atoms with van der Waals surface area (Å²) < 4.78 is 0. The maximum absolute atomic E-state index is 13.3. The first-order valence-electron chi connectivity index (χ1n) is 11.0. The third-order valence-corrected chi connectivity index (χ3v) is 6.25. The lowest BCUT2D eigenvalue weighted by molar-refractivity contribution is -0.132. The molecule has 1 aromatic heterocycles. The zero-order valence-corrected chi connectivity index (χ0v) is 18.4. The predicted octanol–water partition coefficient (Wildman–Crippen LogP) is 5.92. The minimum Gasteiger partial charge on any atom is -0.507 e. The molecular formula is C28H24N2O3. The summed E-state index contributed by atoms with van der Waals surface area (Å²) in [5, 5.41) is 12.1. The van der Waals surface area contributed by atoms with E-state index in [0.29, 0.717) is 17.2 Å². The Morgan fingerprint density at radius 1 is 0.909 bits per heavy atom. The number of ketones is 1. The fourth-order valence-corrected chi connectivity index (χ4v) is 4.48. The molecule has 3 aromatic carbocycles. The van der Waals surface area contributed by atoms with Crippen LogP contribution in [0.2, 0.25) is 0 Å². The van der Waals surface area contributed by atoms with Gasteiger partial charge in [-0.2, -0.15) is 0 Å². The first kappa shape index (κ1) is 20.8. The van der Waals surface area contributed by atoms with Gasteiger partial charge in [0.2, 0.25) is 0 Å². The molecule has 1 atom stereocenters. The third-order valence-electron chi connectivity index (χ3n) is 6.25. The van der Waals surface area contributed by atoms with Gasteiger partial charge in [0.25, 0.3) is 11.7 Å². The fraction of sp³-hybridized carbons (Fsp3) is 0.143. The maximum atomic E-state index is 13.3. The minimum atomic E-state index is -0.758. The molecule has 4 aromatic rings. The molecule has 1 amide bonds. The quantitative estimate of drug-likeness (QED) is 0.237. The molecule has 5 rings (SSSR count). The van der Waals surface area contributed by atoms with Crippen molar-refractivity contribution in [1.82, 2.24) is 4.98 Å². The van der Waals surface area contributed by atoms with Crippen LogP contribution in [0.3, 0.4) is 0 Å². The molecule has 1 aliphatic rings. The number of hydrogen-bond donors (Lipinski definition) is 2. The van der Waals surface area contributed by atoms with Gasteiger partial charge >= 0.3 is 0 Å². The molecule has 164 valence electrons. The Kier molecular flexibility index (Phi) is 5.09. The number of hydrogen-bond acceptors (Lipinski definition) is 3. The van der Waals surface area contributed by atoms with E-state index in [1.165, 1.54) is 4.90 Å². The van der Waals surface area contributed by atoms with Gasteiger partial charge in [0.15, 0.2) is 0 Å². The van der Waals surface area contributed by atoms with Crippen molar-refractivity contribution in [3.8, 4) is 0 Å². The molecule has 0 saturated carbocycles. The van der Waals surface area contributed by atoms with E-state index < -0.39 is 17.7 Å². The van der Waals surface area contributed by atoms with Crippen LogP contribution in [0.5, 0.6) is 0 Å². The van der Waals surface area contributed by atoms with Crippen molar-refractivity contribution in [2.75, 3.05) is 4.90 Å². The number of Topliss-reactive ketones (excluding diaryl/α,β-unsaturated/α-hetero) is 1. The fourth-order valence-electron chi connectivity index (χ4n) is 4.48. The molecule has 0 radical (unpaired) electrons. The first-order valence-corrected chi connectivity index (χ1v) is 11.0. The van der Waals surface area contributed by atoms with Crippen molar-refractivity contribution in [1.29, 1.82) is 0 Å². The number of aromatic amines is 1. The van der Waals surface area contributed by atoms with E-state index in [1.54, 1.807) is 24.3 Å². The van der Waals surface area contributed by atoms with Gasteiger partial charge in [0.1, 0.15) is 5.76 Å². The van der Waals surface area contributed by atoms with E-state index in [4.69, 9.17) is 0 Å². The van der Waals surface area contributed by atoms with Gasteiger partial charge in [-0.3, -0.25) is 14.5 Å². The van der Waals surface area contributed by atoms with Crippen molar-refractivity contribution >= 4 is 34.0 Å². The zero-order valence-electron chi connectivity index (χ0n) is 18.4. The molecule has 1 unspecified atom stereocenters. The van der Waals surface area contributed by atoms with E-state index in [1.807, 2.05) is 60.8 Å². The van der Waals surface area contributed by atoms with Crippen LogP contribution in [0, 0.1) is 0 Å². The highest BCUT2D eigenvalue weighted by atomic mass is 16.3. The number of nitrogens with zero attached hydrogens (tertiary/aromatic N) is 1. The Hall–Kier alpha value is -4.12. The van der Waals surface area contributed by atoms with Gasteiger partial charge < -0.3 is 10.1 Å². The molecule has 2 heterocycles. The Labute approximate surface area is 192 Å². The highest BCUT2D eigenvalue weighted by Crippen LogP contribution is 2.44. The summed E-state index contributed by atoms with van der Waals surface area (Å²) >= 11 is 0. The van der Waals surface area contributed by atoms with Crippen LogP contribution in [0.1, 0.15) is 42.5 Å². The Bertz CT molecular complexity index is 1380. The smallest absolute Gasteiger partial charge is 0.300 e. The number of carbonyl (C=O) groups excluding carboxylic acids is 2. The molecule has 0 aliphatic carbocycles. The number of H-pyrrole nitrogens is 1. The van der Waals surface area contributed by atoms with E-state index in [9.17, 15) is 14.7 Å². The molecule has 2 N–H and O–H groups in total. The topological polar surface area (TPSA) is 73.4 Å². The standard InChI is InChI=1S/C28H24N2O3/c1-17(2)18-12-14-20(15-13-18)30-25(22-16-29-23-11-7-6-10-21(22)23)24(27(32)28(30)33)26(31)19-8-4-3-5-9-19/h3-17,25,29,31H,1-2H3/b26-24+. The van der Waals surface area contributed by atoms with Crippen molar-refractivity contribution in [3.63, 3.8) is 0 Å². The number of nitrogens with one attached hydrogen (secondary N) is 1. The van der Waals surface area contributed by atoms with Crippen LogP contribution < -0.4 is 4.90 Å². The third kappa shape index (κ3) is 3.42. The molecule has 33 heavy (non-hydrogen) atoms. The highest BCUT2D eigenvalue weighted by Gasteiger charge is 2.47. The van der Waals surface area contributed by atoms with Crippen molar-refractivity contribution in [2.24, 2.45) is 0 Å². The summed E-state index contributed by atoms with van der Waals surface area (Å²) in [7, 11) is 0. The van der Waals surface area contributed by atoms with Gasteiger partial charge in [-0.15, -0.1) is 0 Å². The van der Waals surface area contributed by atoms with Crippen molar-refractivity contribution in [3.05, 3.63) is 107 Å². The van der Waals surface area contributed by atoms with Crippen LogP contribution in [-0.4, -0.2) is 21.8 Å². The van der Waals surface area contributed by atoms with Crippen LogP contribution in [0.15, 0.2) is 90.6 Å². The number of anilines is 1. The average Bonchev–Trinajstić information content (AvgIpc) is 3.38. The number of carbonyl (C=O) groups is 2. The summed E-state index contributed by atoms with van der Waals surface area (Å²) in [6.45, 7) is 4.21. The van der Waals surface area contributed by atoms with Gasteiger partial charge in [-0.1, -0.05) is 74.5 Å². The molecule has 0 spiro atoms. The van der Waals surface area contributed by atoms with Gasteiger partial charge in [-0.05, 0) is 29.7 Å². The summed E-state index contributed by atoms with van der Waals surface area (Å²) in [4.78, 5) is 31.4. The molecular weight excluding hydrogens is 412 g/mol. The number of fused-ring (bicyclic) bond motifs is 1. The molecule has 1 saturated heterocycles. The lowest BCUT2D eigenvalue weighted by atomic mass is 9.94.